The van der Waals surface area contributed by atoms with Gasteiger partial charge in [-0.25, -0.2) is 18.2 Å². The molecular weight excluding hydrogens is 675 g/mol. The minimum atomic E-state index is -3.94. The van der Waals surface area contributed by atoms with E-state index < -0.39 is 44.2 Å². The van der Waals surface area contributed by atoms with E-state index in [0.717, 1.165) is 35.8 Å². The topological polar surface area (TPSA) is 174 Å². The lowest BCUT2D eigenvalue weighted by atomic mass is 10.1. The van der Waals surface area contributed by atoms with E-state index in [0.29, 0.717) is 48.6 Å². The maximum absolute atomic E-state index is 14.0. The number of nitrogens with one attached hydrogen (secondary N) is 3. The Bertz CT molecular complexity index is 1970. The summed E-state index contributed by atoms with van der Waals surface area (Å²) in [7, 11) is -0.671. The first kappa shape index (κ1) is 36.1. The summed E-state index contributed by atoms with van der Waals surface area (Å²) in [5.74, 6) is -0.559. The highest BCUT2D eigenvalue weighted by Gasteiger charge is 2.62. The third-order valence-corrected chi connectivity index (χ3v) is 12.5. The third-order valence-electron chi connectivity index (χ3n) is 10.3. The van der Waals surface area contributed by atoms with Crippen LogP contribution in [0.15, 0.2) is 42.7 Å². The number of benzene rings is 1. The molecule has 0 spiro atoms. The van der Waals surface area contributed by atoms with Gasteiger partial charge in [0.15, 0.2) is 0 Å². The fourth-order valence-corrected chi connectivity index (χ4v) is 7.71. The van der Waals surface area contributed by atoms with Crippen LogP contribution >= 0.6 is 0 Å². The second kappa shape index (κ2) is 14.2. The molecule has 0 unspecified atom stereocenters. The van der Waals surface area contributed by atoms with Gasteiger partial charge in [0.25, 0.3) is 5.91 Å². The average Bonchev–Trinajstić information content (AvgIpc) is 3.97. The van der Waals surface area contributed by atoms with Gasteiger partial charge < -0.3 is 25.0 Å². The smallest absolute Gasteiger partial charge is 0.317 e. The van der Waals surface area contributed by atoms with Gasteiger partial charge in [0, 0.05) is 61.3 Å². The van der Waals surface area contributed by atoms with Crippen molar-refractivity contribution in [1.29, 1.82) is 0 Å². The van der Waals surface area contributed by atoms with Crippen molar-refractivity contribution in [2.45, 2.75) is 88.6 Å². The van der Waals surface area contributed by atoms with Crippen molar-refractivity contribution < 1.29 is 32.3 Å². The fraction of sp³-hybridized carbons (Fsp3) is 0.528. The number of amides is 4. The Kier molecular flexibility index (Phi) is 10.0. The van der Waals surface area contributed by atoms with Crippen LogP contribution in [0.25, 0.3) is 22.2 Å². The molecule has 6 rings (SSSR count). The Labute approximate surface area is 298 Å². The number of aromatic nitrogens is 3. The molecule has 1 aromatic carbocycles. The highest BCUT2D eigenvalue weighted by molar-refractivity contribution is 7.91. The van der Waals surface area contributed by atoms with Gasteiger partial charge in [0.05, 0.1) is 35.9 Å². The number of allylic oxidation sites excluding steroid dienone is 1. The number of carbonyl (C=O) groups excluding carboxylic acids is 3. The summed E-state index contributed by atoms with van der Waals surface area (Å²) in [5.41, 5.74) is 1.52. The molecule has 0 saturated heterocycles. The molecule has 3 heterocycles. The minimum Gasteiger partial charge on any atom is -0.496 e. The zero-order valence-corrected chi connectivity index (χ0v) is 30.6. The van der Waals surface area contributed by atoms with Gasteiger partial charge in [-0.3, -0.25) is 19.0 Å². The summed E-state index contributed by atoms with van der Waals surface area (Å²) in [4.78, 5) is 47.4. The van der Waals surface area contributed by atoms with Crippen molar-refractivity contribution in [2.24, 2.45) is 5.92 Å². The van der Waals surface area contributed by atoms with Crippen molar-refractivity contribution in [2.75, 3.05) is 27.3 Å². The largest absolute Gasteiger partial charge is 0.496 e. The summed E-state index contributed by atoms with van der Waals surface area (Å²) in [6, 6.07) is 4.01. The molecule has 2 aliphatic carbocycles. The van der Waals surface area contributed by atoms with Gasteiger partial charge in [-0.1, -0.05) is 12.2 Å². The van der Waals surface area contributed by atoms with Crippen LogP contribution in [0.3, 0.4) is 0 Å². The molecular formula is C36H47N7O7S. The Morgan fingerprint density at radius 2 is 1.96 bits per heavy atom. The summed E-state index contributed by atoms with van der Waals surface area (Å²) in [5, 5.41) is 10.8. The molecule has 3 N–H and O–H groups in total. The maximum atomic E-state index is 14.0. The van der Waals surface area contributed by atoms with Crippen LogP contribution in [-0.2, 0) is 26.2 Å². The predicted molar refractivity (Wildman–Crippen MR) is 192 cm³/mol. The van der Waals surface area contributed by atoms with Gasteiger partial charge >= 0.3 is 6.03 Å². The van der Waals surface area contributed by atoms with Crippen LogP contribution in [-0.4, -0.2) is 89.6 Å². The van der Waals surface area contributed by atoms with Crippen molar-refractivity contribution in [1.82, 2.24) is 35.0 Å². The Morgan fingerprint density at radius 3 is 2.67 bits per heavy atom. The second-order valence-corrected chi connectivity index (χ2v) is 16.2. The molecule has 0 radical (unpaired) electrons. The summed E-state index contributed by atoms with van der Waals surface area (Å²) >= 11 is 0. The molecule has 3 aromatic rings. The summed E-state index contributed by atoms with van der Waals surface area (Å²) < 4.78 is 41.0. The number of hydrogen-bond acceptors (Lipinski definition) is 9. The highest BCUT2D eigenvalue weighted by Crippen LogP contribution is 2.47. The number of ether oxygens (including phenoxy) is 2. The van der Waals surface area contributed by atoms with Crippen LogP contribution in [0.1, 0.15) is 64.4 Å². The summed E-state index contributed by atoms with van der Waals surface area (Å²) in [6.07, 6.45) is 11.0. The standard InChI is InChI=1S/C36H47N7O7S/c1-6-43-22-24(21-37-43)28-19-30(26-12-13-29(49-5)23(2)31(26)38-28)50-18-14-27-32(44)40-36(33(45)41-51(47,48)35(3)15-16-35)20-25(36)11-9-7-8-10-17-42(4)34(46)39-27/h9,11-13,19,21-22,25,27H,6-8,10,14-18,20H2,1-5H3,(H,39,46)(H,40,44)(H,41,45)/b11-9-/t25-,27+,36-/m1/s1. The van der Waals surface area contributed by atoms with E-state index in [1.165, 1.54) is 4.90 Å². The first-order chi connectivity index (χ1) is 24.3. The lowest BCUT2D eigenvalue weighted by Gasteiger charge is -2.26. The van der Waals surface area contributed by atoms with Gasteiger partial charge in [-0.05, 0) is 71.4 Å². The van der Waals surface area contributed by atoms with E-state index in [4.69, 9.17) is 14.5 Å². The molecule has 2 aromatic heterocycles. The molecule has 2 saturated carbocycles. The molecule has 3 aliphatic rings. The number of sulfonamides is 1. The third kappa shape index (κ3) is 7.39. The van der Waals surface area contributed by atoms with Crippen molar-refractivity contribution in [3.05, 3.63) is 48.3 Å². The number of hydrogen-bond donors (Lipinski definition) is 3. The number of methoxy groups -OCH3 is 1. The maximum Gasteiger partial charge on any atom is 0.317 e. The molecule has 1 aliphatic heterocycles. The SMILES string of the molecule is CCn1cc(-c2cc(OCC[C@@H]3NC(=O)N(C)CCCC/C=C\[C@@H]4C[C@@]4(C(=O)NS(=O)(=O)C4(C)CC4)NC3=O)c3ccc(OC)c(C)c3n2)cn1. The normalized spacial score (nSPS) is 24.1. The molecule has 14 nitrogen and oxygen atoms in total. The molecule has 274 valence electrons. The van der Waals surface area contributed by atoms with E-state index in [1.807, 2.05) is 50.4 Å². The number of nitrogens with zero attached hydrogens (tertiary/aromatic N) is 4. The molecule has 2 fully saturated rings. The van der Waals surface area contributed by atoms with E-state index in [-0.39, 0.29) is 25.4 Å². The van der Waals surface area contributed by atoms with Crippen LogP contribution < -0.4 is 24.8 Å². The van der Waals surface area contributed by atoms with E-state index >= 15 is 0 Å². The lowest BCUT2D eigenvalue weighted by molar-refractivity contribution is -0.130. The first-order valence-electron chi connectivity index (χ1n) is 17.5. The Hall–Kier alpha value is -4.66. The molecule has 51 heavy (non-hydrogen) atoms. The Balaban J connectivity index is 1.27. The van der Waals surface area contributed by atoms with Crippen LogP contribution in [0, 0.1) is 12.8 Å². The minimum absolute atomic E-state index is 0.0230. The van der Waals surface area contributed by atoms with E-state index in [1.54, 1.807) is 32.0 Å². The molecule has 15 heteroatoms. The zero-order valence-electron chi connectivity index (χ0n) is 29.8. The number of aryl methyl sites for hydroxylation is 2. The van der Waals surface area contributed by atoms with E-state index in [2.05, 4.69) is 20.5 Å². The number of fused-ring (bicyclic) bond motifs is 2. The first-order valence-corrected chi connectivity index (χ1v) is 19.0. The second-order valence-electron chi connectivity index (χ2n) is 14.0. The number of rotatable bonds is 10. The van der Waals surface area contributed by atoms with Gasteiger partial charge in [-0.15, -0.1) is 0 Å². The van der Waals surface area contributed by atoms with Gasteiger partial charge in [-0.2, -0.15) is 5.10 Å². The Morgan fingerprint density at radius 1 is 1.18 bits per heavy atom. The van der Waals surface area contributed by atoms with Crippen molar-refractivity contribution in [3.63, 3.8) is 0 Å². The van der Waals surface area contributed by atoms with Crippen LogP contribution in [0.5, 0.6) is 11.5 Å². The number of pyridine rings is 1. The van der Waals surface area contributed by atoms with Crippen molar-refractivity contribution in [3.8, 4) is 22.8 Å². The molecule has 3 atom stereocenters. The molecule has 0 bridgehead atoms. The van der Waals surface area contributed by atoms with Gasteiger partial charge in [0.2, 0.25) is 15.9 Å². The molecule has 4 amide bonds. The number of carbonyl (C=O) groups is 3. The van der Waals surface area contributed by atoms with Crippen LogP contribution in [0.4, 0.5) is 4.79 Å². The van der Waals surface area contributed by atoms with Crippen molar-refractivity contribution >= 4 is 38.8 Å². The summed E-state index contributed by atoms with van der Waals surface area (Å²) in [6.45, 7) is 6.74. The van der Waals surface area contributed by atoms with Gasteiger partial charge in [0.1, 0.15) is 23.1 Å². The fourth-order valence-electron chi connectivity index (χ4n) is 6.39. The number of urea groups is 1. The quantitative estimate of drug-likeness (QED) is 0.263. The highest BCUT2D eigenvalue weighted by atomic mass is 32.2. The predicted octanol–water partition coefficient (Wildman–Crippen LogP) is 3.83. The lowest BCUT2D eigenvalue weighted by Crippen LogP contribution is -2.58. The zero-order chi connectivity index (χ0) is 36.6. The van der Waals surface area contributed by atoms with Crippen LogP contribution in [0.2, 0.25) is 0 Å². The monoisotopic (exact) mass is 721 g/mol. The van der Waals surface area contributed by atoms with E-state index in [9.17, 15) is 22.8 Å². The average molecular weight is 722 g/mol.